The summed E-state index contributed by atoms with van der Waals surface area (Å²) in [6.07, 6.45) is 5.64. The van der Waals surface area contributed by atoms with E-state index in [1.165, 1.54) is 11.3 Å². The number of carbonyl (C=O) groups is 1. The van der Waals surface area contributed by atoms with Crippen LogP contribution >= 0.6 is 24.0 Å². The fourth-order valence-electron chi connectivity index (χ4n) is 5.15. The third-order valence-corrected chi connectivity index (χ3v) is 6.45. The van der Waals surface area contributed by atoms with Gasteiger partial charge < -0.3 is 20.3 Å². The maximum absolute atomic E-state index is 12.7. The summed E-state index contributed by atoms with van der Waals surface area (Å²) in [5.41, 5.74) is 3.17. The SMILES string of the molecule is CCNC(=NCc1c(CC)nn(C)c1CC)NC1CC2CCC(C1)N2C(=O)OC(C)(C)C.I. The molecule has 2 aliphatic rings. The van der Waals surface area contributed by atoms with Crippen molar-refractivity contribution in [2.24, 2.45) is 12.0 Å². The Kier molecular flexibility index (Phi) is 9.87. The zero-order chi connectivity index (χ0) is 23.5. The summed E-state index contributed by atoms with van der Waals surface area (Å²) < 4.78 is 7.66. The fourth-order valence-corrected chi connectivity index (χ4v) is 5.15. The van der Waals surface area contributed by atoms with Crippen LogP contribution in [-0.2, 0) is 31.2 Å². The van der Waals surface area contributed by atoms with Crippen molar-refractivity contribution in [3.05, 3.63) is 17.0 Å². The molecule has 188 valence electrons. The molecule has 0 spiro atoms. The number of carbonyl (C=O) groups excluding carboxylic acids is 1. The molecular formula is C24H43IN6O2. The Bertz CT molecular complexity index is 818. The van der Waals surface area contributed by atoms with Crippen molar-refractivity contribution >= 4 is 36.0 Å². The van der Waals surface area contributed by atoms with Crippen LogP contribution in [-0.4, -0.2) is 57.0 Å². The minimum atomic E-state index is -0.461. The largest absolute Gasteiger partial charge is 0.444 e. The van der Waals surface area contributed by atoms with E-state index in [1.807, 2.05) is 37.4 Å². The first-order valence-corrected chi connectivity index (χ1v) is 12.3. The Morgan fingerprint density at radius 1 is 1.15 bits per heavy atom. The molecule has 0 aliphatic carbocycles. The molecule has 3 rings (SSSR count). The minimum absolute atomic E-state index is 0. The maximum atomic E-state index is 12.7. The Morgan fingerprint density at radius 2 is 1.79 bits per heavy atom. The number of guanidine groups is 1. The predicted molar refractivity (Wildman–Crippen MR) is 143 cm³/mol. The average molecular weight is 575 g/mol. The maximum Gasteiger partial charge on any atom is 0.410 e. The second kappa shape index (κ2) is 11.8. The zero-order valence-corrected chi connectivity index (χ0v) is 23.7. The van der Waals surface area contributed by atoms with Crippen molar-refractivity contribution in [1.29, 1.82) is 0 Å². The van der Waals surface area contributed by atoms with Crippen LogP contribution in [0.5, 0.6) is 0 Å². The highest BCUT2D eigenvalue weighted by Gasteiger charge is 2.45. The van der Waals surface area contributed by atoms with Crippen molar-refractivity contribution in [3.8, 4) is 0 Å². The van der Waals surface area contributed by atoms with E-state index in [-0.39, 0.29) is 42.2 Å². The molecule has 3 heterocycles. The smallest absolute Gasteiger partial charge is 0.410 e. The lowest BCUT2D eigenvalue weighted by molar-refractivity contribution is 0.00545. The summed E-state index contributed by atoms with van der Waals surface area (Å²) in [5, 5.41) is 11.7. The number of ether oxygens (including phenoxy) is 1. The number of aryl methyl sites for hydroxylation is 2. The molecule has 0 saturated carbocycles. The number of aliphatic imine (C=N–C) groups is 1. The van der Waals surface area contributed by atoms with E-state index >= 15 is 0 Å². The van der Waals surface area contributed by atoms with Crippen LogP contribution in [0.1, 0.15) is 84.2 Å². The molecule has 1 amide bonds. The summed E-state index contributed by atoms with van der Waals surface area (Å²) in [6, 6.07) is 0.774. The van der Waals surface area contributed by atoms with Crippen molar-refractivity contribution in [2.75, 3.05) is 6.54 Å². The van der Waals surface area contributed by atoms with Crippen LogP contribution in [0.2, 0.25) is 0 Å². The van der Waals surface area contributed by atoms with Gasteiger partial charge in [0.25, 0.3) is 0 Å². The van der Waals surface area contributed by atoms with Crippen LogP contribution in [0.15, 0.2) is 4.99 Å². The number of aromatic nitrogens is 2. The van der Waals surface area contributed by atoms with E-state index in [1.54, 1.807) is 0 Å². The van der Waals surface area contributed by atoms with Gasteiger partial charge in [-0.15, -0.1) is 24.0 Å². The summed E-state index contributed by atoms with van der Waals surface area (Å²) in [6.45, 7) is 13.6. The van der Waals surface area contributed by atoms with Gasteiger partial charge in [-0.1, -0.05) is 13.8 Å². The highest BCUT2D eigenvalue weighted by Crippen LogP contribution is 2.36. The van der Waals surface area contributed by atoms with Gasteiger partial charge in [0, 0.05) is 43.0 Å². The highest BCUT2D eigenvalue weighted by molar-refractivity contribution is 14.0. The molecule has 0 aromatic carbocycles. The molecule has 2 fully saturated rings. The van der Waals surface area contributed by atoms with Crippen LogP contribution in [0.25, 0.3) is 0 Å². The lowest BCUT2D eigenvalue weighted by Crippen LogP contribution is -2.55. The third kappa shape index (κ3) is 6.76. The highest BCUT2D eigenvalue weighted by atomic mass is 127. The molecule has 33 heavy (non-hydrogen) atoms. The quantitative estimate of drug-likeness (QED) is 0.303. The molecule has 2 N–H and O–H groups in total. The van der Waals surface area contributed by atoms with Gasteiger partial charge in [-0.2, -0.15) is 5.10 Å². The van der Waals surface area contributed by atoms with Crippen molar-refractivity contribution in [1.82, 2.24) is 25.3 Å². The first-order valence-electron chi connectivity index (χ1n) is 12.3. The molecule has 2 saturated heterocycles. The Balaban J connectivity index is 0.00000385. The second-order valence-corrected chi connectivity index (χ2v) is 9.98. The van der Waals surface area contributed by atoms with Crippen LogP contribution in [0, 0.1) is 0 Å². The molecule has 2 unspecified atom stereocenters. The van der Waals surface area contributed by atoms with Gasteiger partial charge in [0.2, 0.25) is 0 Å². The number of hydrogen-bond donors (Lipinski definition) is 2. The third-order valence-electron chi connectivity index (χ3n) is 6.45. The van der Waals surface area contributed by atoms with E-state index in [9.17, 15) is 4.79 Å². The predicted octanol–water partition coefficient (Wildman–Crippen LogP) is 4.15. The fraction of sp³-hybridized carbons (Fsp3) is 0.792. The number of fused-ring (bicyclic) bond motifs is 2. The first-order chi connectivity index (χ1) is 15.2. The van der Waals surface area contributed by atoms with Crippen LogP contribution in [0.4, 0.5) is 4.79 Å². The Labute approximate surface area is 216 Å². The van der Waals surface area contributed by atoms with E-state index in [2.05, 4.69) is 36.5 Å². The van der Waals surface area contributed by atoms with Gasteiger partial charge in [-0.3, -0.25) is 4.68 Å². The van der Waals surface area contributed by atoms with Crippen molar-refractivity contribution in [2.45, 2.75) is 110 Å². The topological polar surface area (TPSA) is 83.8 Å². The molecule has 2 aliphatic heterocycles. The van der Waals surface area contributed by atoms with Gasteiger partial charge in [0.05, 0.1) is 12.2 Å². The number of nitrogens with zero attached hydrogens (tertiary/aromatic N) is 4. The lowest BCUT2D eigenvalue weighted by atomic mass is 9.98. The average Bonchev–Trinajstić information content (AvgIpc) is 3.17. The number of hydrogen-bond acceptors (Lipinski definition) is 4. The second-order valence-electron chi connectivity index (χ2n) is 9.98. The van der Waals surface area contributed by atoms with Crippen molar-refractivity contribution < 1.29 is 9.53 Å². The molecule has 1 aromatic rings. The molecular weight excluding hydrogens is 531 g/mol. The first kappa shape index (κ1) is 27.7. The van der Waals surface area contributed by atoms with E-state index in [4.69, 9.17) is 9.73 Å². The monoisotopic (exact) mass is 574 g/mol. The molecule has 2 bridgehead atoms. The zero-order valence-electron chi connectivity index (χ0n) is 21.4. The summed E-state index contributed by atoms with van der Waals surface area (Å²) in [4.78, 5) is 19.6. The number of amides is 1. The summed E-state index contributed by atoms with van der Waals surface area (Å²) in [5.74, 6) is 0.843. The van der Waals surface area contributed by atoms with Gasteiger partial charge in [0.15, 0.2) is 5.96 Å². The van der Waals surface area contributed by atoms with Crippen LogP contribution in [0.3, 0.4) is 0 Å². The summed E-state index contributed by atoms with van der Waals surface area (Å²) in [7, 11) is 2.02. The lowest BCUT2D eigenvalue weighted by Gasteiger charge is -2.40. The standard InChI is InChI=1S/C24H42N6O2.HI/c1-8-20-19(21(9-2)29(7)28-20)15-26-22(25-10-3)27-16-13-17-11-12-18(14-16)30(17)23(31)32-24(4,5)6;/h16-18H,8-15H2,1-7H3,(H2,25,26,27);1H. The summed E-state index contributed by atoms with van der Waals surface area (Å²) >= 11 is 0. The minimum Gasteiger partial charge on any atom is -0.444 e. The van der Waals surface area contributed by atoms with Gasteiger partial charge in [-0.25, -0.2) is 9.79 Å². The van der Waals surface area contributed by atoms with Gasteiger partial charge in [-0.05, 0) is 66.2 Å². The Hall–Kier alpha value is -1.52. The van der Waals surface area contributed by atoms with Crippen LogP contribution < -0.4 is 10.6 Å². The molecule has 0 radical (unpaired) electrons. The van der Waals surface area contributed by atoms with E-state index in [0.717, 1.165) is 56.7 Å². The Morgan fingerprint density at radius 3 is 2.30 bits per heavy atom. The van der Waals surface area contributed by atoms with Gasteiger partial charge >= 0.3 is 6.09 Å². The number of halogens is 1. The molecule has 2 atom stereocenters. The number of nitrogens with one attached hydrogen (secondary N) is 2. The van der Waals surface area contributed by atoms with E-state index < -0.39 is 5.60 Å². The van der Waals surface area contributed by atoms with E-state index in [0.29, 0.717) is 12.6 Å². The molecule has 1 aromatic heterocycles. The van der Waals surface area contributed by atoms with Crippen molar-refractivity contribution in [3.63, 3.8) is 0 Å². The van der Waals surface area contributed by atoms with Gasteiger partial charge in [0.1, 0.15) is 5.60 Å². The number of rotatable bonds is 6. The molecule has 9 heteroatoms. The normalized spacial score (nSPS) is 22.7. The number of piperidine rings is 1. The molecule has 8 nitrogen and oxygen atoms in total.